The Labute approximate surface area is 154 Å². The number of rotatable bonds is 4. The first-order valence-corrected chi connectivity index (χ1v) is 9.16. The summed E-state index contributed by atoms with van der Waals surface area (Å²) >= 11 is 0. The van der Waals surface area contributed by atoms with Crippen molar-refractivity contribution >= 4 is 23.4 Å². The summed E-state index contributed by atoms with van der Waals surface area (Å²) in [6.07, 6.45) is 5.11. The highest BCUT2D eigenvalue weighted by Crippen LogP contribution is 2.25. The molecule has 0 aromatic heterocycles. The predicted octanol–water partition coefficient (Wildman–Crippen LogP) is 4.87. The van der Waals surface area contributed by atoms with E-state index in [0.29, 0.717) is 30.8 Å². The van der Waals surface area contributed by atoms with E-state index >= 15 is 0 Å². The van der Waals surface area contributed by atoms with Gasteiger partial charge in [-0.15, -0.1) is 0 Å². The van der Waals surface area contributed by atoms with Gasteiger partial charge in [0.1, 0.15) is 5.78 Å². The summed E-state index contributed by atoms with van der Waals surface area (Å²) in [6.45, 7) is 4.27. The van der Waals surface area contributed by atoms with Crippen molar-refractivity contribution < 1.29 is 14.3 Å². The summed E-state index contributed by atoms with van der Waals surface area (Å²) in [5.74, 6) is 0.0664. The molecule has 3 heteroatoms. The first-order valence-electron chi connectivity index (χ1n) is 9.16. The van der Waals surface area contributed by atoms with E-state index in [9.17, 15) is 9.59 Å². The highest BCUT2D eigenvalue weighted by molar-refractivity contribution is 5.90. The molecule has 1 aliphatic carbocycles. The van der Waals surface area contributed by atoms with E-state index < -0.39 is 0 Å². The number of carbonyl (C=O) groups is 2. The van der Waals surface area contributed by atoms with Crippen molar-refractivity contribution in [3.05, 3.63) is 70.3 Å². The van der Waals surface area contributed by atoms with Crippen LogP contribution in [0.5, 0.6) is 0 Å². The fraction of sp³-hybridized carbons (Fsp3) is 0.304. The van der Waals surface area contributed by atoms with E-state index in [4.69, 9.17) is 4.74 Å². The van der Waals surface area contributed by atoms with Crippen LogP contribution in [0.25, 0.3) is 11.6 Å². The van der Waals surface area contributed by atoms with Crippen molar-refractivity contribution in [1.82, 2.24) is 0 Å². The number of Topliss-reactive ketones (excluding diaryl/α,β-unsaturated/α-hetero) is 1. The van der Waals surface area contributed by atoms with Gasteiger partial charge in [0, 0.05) is 12.8 Å². The van der Waals surface area contributed by atoms with E-state index in [1.807, 2.05) is 12.1 Å². The van der Waals surface area contributed by atoms with Crippen molar-refractivity contribution in [2.75, 3.05) is 6.61 Å². The molecule has 0 aliphatic heterocycles. The Kier molecular flexibility index (Phi) is 5.67. The second kappa shape index (κ2) is 8.13. The quantitative estimate of drug-likeness (QED) is 0.450. The number of carbonyl (C=O) groups excluding carboxylic acids is 2. The minimum Gasteiger partial charge on any atom is -0.462 e. The summed E-state index contributed by atoms with van der Waals surface area (Å²) in [7, 11) is 0. The highest BCUT2D eigenvalue weighted by atomic mass is 16.5. The Hall–Kier alpha value is -2.68. The van der Waals surface area contributed by atoms with Crippen LogP contribution in [-0.4, -0.2) is 18.4 Å². The lowest BCUT2D eigenvalue weighted by Crippen LogP contribution is -2.03. The van der Waals surface area contributed by atoms with E-state index in [2.05, 4.69) is 31.2 Å². The second-order valence-corrected chi connectivity index (χ2v) is 6.69. The summed E-state index contributed by atoms with van der Waals surface area (Å²) in [6, 6.07) is 13.9. The third-order valence-electron chi connectivity index (χ3n) is 4.81. The van der Waals surface area contributed by atoms with Crippen LogP contribution >= 0.6 is 0 Å². The van der Waals surface area contributed by atoms with Crippen LogP contribution in [0.15, 0.2) is 42.5 Å². The van der Waals surface area contributed by atoms with Crippen LogP contribution in [0.1, 0.15) is 59.3 Å². The van der Waals surface area contributed by atoms with Crippen molar-refractivity contribution in [1.29, 1.82) is 0 Å². The number of benzene rings is 2. The van der Waals surface area contributed by atoms with Crippen molar-refractivity contribution in [2.45, 2.75) is 39.5 Å². The minimum absolute atomic E-state index is 0.292. The molecule has 0 spiro atoms. The van der Waals surface area contributed by atoms with Crippen molar-refractivity contribution in [3.8, 4) is 0 Å². The Morgan fingerprint density at radius 2 is 1.62 bits per heavy atom. The Balaban J connectivity index is 1.79. The van der Waals surface area contributed by atoms with Crippen LogP contribution in [-0.2, 0) is 22.4 Å². The standard InChI is InChI=1S/C23H24O3/c1-3-26-23(25)19-6-4-17(5-7-19)14-16(2)20-9-8-18-10-12-22(24)13-11-21(18)15-20/h4-9,14-15H,3,10-13H2,1-2H3/b16-14+. The molecule has 3 rings (SSSR count). The van der Waals surface area contributed by atoms with Crippen LogP contribution in [0, 0.1) is 0 Å². The molecule has 0 fully saturated rings. The Bertz CT molecular complexity index is 844. The first-order chi connectivity index (χ1) is 12.6. The van der Waals surface area contributed by atoms with Gasteiger partial charge < -0.3 is 4.74 Å². The third-order valence-corrected chi connectivity index (χ3v) is 4.81. The van der Waals surface area contributed by atoms with Crippen LogP contribution in [0.4, 0.5) is 0 Å². The zero-order valence-electron chi connectivity index (χ0n) is 15.4. The molecule has 0 saturated heterocycles. The summed E-state index contributed by atoms with van der Waals surface area (Å²) < 4.78 is 5.01. The summed E-state index contributed by atoms with van der Waals surface area (Å²) in [4.78, 5) is 23.4. The molecule has 0 atom stereocenters. The average molecular weight is 348 g/mol. The molecule has 0 amide bonds. The summed E-state index contributed by atoms with van der Waals surface area (Å²) in [5.41, 5.74) is 6.53. The van der Waals surface area contributed by atoms with Gasteiger partial charge in [0.05, 0.1) is 12.2 Å². The second-order valence-electron chi connectivity index (χ2n) is 6.69. The average Bonchev–Trinajstić information content (AvgIpc) is 2.84. The molecule has 0 bridgehead atoms. The first kappa shape index (κ1) is 18.1. The van der Waals surface area contributed by atoms with E-state index in [0.717, 1.165) is 24.0 Å². The molecule has 0 heterocycles. The predicted molar refractivity (Wildman–Crippen MR) is 104 cm³/mol. The number of allylic oxidation sites excluding steroid dienone is 1. The van der Waals surface area contributed by atoms with Crippen molar-refractivity contribution in [2.24, 2.45) is 0 Å². The SMILES string of the molecule is CCOC(=O)c1ccc(/C=C(\C)c2ccc3c(c2)CCC(=O)CC3)cc1. The zero-order chi connectivity index (χ0) is 18.5. The maximum Gasteiger partial charge on any atom is 0.338 e. The van der Waals surface area contributed by atoms with Gasteiger partial charge in [-0.25, -0.2) is 4.79 Å². The summed E-state index contributed by atoms with van der Waals surface area (Å²) in [5, 5.41) is 0. The maximum atomic E-state index is 11.7. The highest BCUT2D eigenvalue weighted by Gasteiger charge is 2.13. The lowest BCUT2D eigenvalue weighted by molar-refractivity contribution is -0.118. The lowest BCUT2D eigenvalue weighted by atomic mass is 9.96. The zero-order valence-corrected chi connectivity index (χ0v) is 15.4. The topological polar surface area (TPSA) is 43.4 Å². The number of ketones is 1. The van der Waals surface area contributed by atoms with Gasteiger partial charge in [0.2, 0.25) is 0 Å². The lowest BCUT2D eigenvalue weighted by Gasteiger charge is -2.09. The molecule has 0 saturated carbocycles. The van der Waals surface area contributed by atoms with Gasteiger partial charge in [-0.05, 0) is 66.6 Å². The maximum absolute atomic E-state index is 11.7. The Morgan fingerprint density at radius 3 is 2.31 bits per heavy atom. The molecule has 134 valence electrons. The van der Waals surface area contributed by atoms with E-state index in [1.165, 1.54) is 16.7 Å². The van der Waals surface area contributed by atoms with Gasteiger partial charge in [0.25, 0.3) is 0 Å². The molecule has 3 nitrogen and oxygen atoms in total. The minimum atomic E-state index is -0.292. The molecule has 0 N–H and O–H groups in total. The van der Waals surface area contributed by atoms with Crippen molar-refractivity contribution in [3.63, 3.8) is 0 Å². The van der Waals surface area contributed by atoms with Gasteiger partial charge >= 0.3 is 5.97 Å². The smallest absolute Gasteiger partial charge is 0.338 e. The van der Waals surface area contributed by atoms with E-state index in [-0.39, 0.29) is 5.97 Å². The largest absolute Gasteiger partial charge is 0.462 e. The van der Waals surface area contributed by atoms with Gasteiger partial charge in [-0.3, -0.25) is 4.79 Å². The Morgan fingerprint density at radius 1 is 0.962 bits per heavy atom. The molecular formula is C23H24O3. The van der Waals surface area contributed by atoms with Gasteiger partial charge in [-0.2, -0.15) is 0 Å². The number of ether oxygens (including phenoxy) is 1. The molecule has 2 aromatic rings. The van der Waals surface area contributed by atoms with Crippen LogP contribution in [0.3, 0.4) is 0 Å². The monoisotopic (exact) mass is 348 g/mol. The number of aryl methyl sites for hydroxylation is 2. The van der Waals surface area contributed by atoms with Crippen LogP contribution < -0.4 is 0 Å². The fourth-order valence-electron chi connectivity index (χ4n) is 3.28. The van der Waals surface area contributed by atoms with Gasteiger partial charge in [0.15, 0.2) is 0 Å². The molecule has 0 unspecified atom stereocenters. The van der Waals surface area contributed by atoms with E-state index in [1.54, 1.807) is 19.1 Å². The molecule has 1 aliphatic rings. The van der Waals surface area contributed by atoms with Crippen LogP contribution in [0.2, 0.25) is 0 Å². The number of hydrogen-bond donors (Lipinski definition) is 0. The normalized spacial score (nSPS) is 14.5. The number of esters is 1. The third kappa shape index (κ3) is 4.29. The molecular weight excluding hydrogens is 324 g/mol. The van der Waals surface area contributed by atoms with Gasteiger partial charge in [-0.1, -0.05) is 36.4 Å². The fourth-order valence-corrected chi connectivity index (χ4v) is 3.28. The number of fused-ring (bicyclic) bond motifs is 1. The molecule has 26 heavy (non-hydrogen) atoms. The molecule has 2 aromatic carbocycles. The molecule has 0 radical (unpaired) electrons. The number of hydrogen-bond acceptors (Lipinski definition) is 3.